The standard InChI is InChI=1S/C13H19NO/c1-9-5-6-10(2)12(7-9)13(15)11(3)8-14-4/h5-7,11,14H,8H2,1-4H3. The maximum atomic E-state index is 12.1. The van der Waals surface area contributed by atoms with Crippen molar-refractivity contribution >= 4 is 5.78 Å². The van der Waals surface area contributed by atoms with Gasteiger partial charge >= 0.3 is 0 Å². The molecule has 15 heavy (non-hydrogen) atoms. The highest BCUT2D eigenvalue weighted by molar-refractivity contribution is 5.99. The molecule has 0 heterocycles. The van der Waals surface area contributed by atoms with E-state index in [1.165, 1.54) is 0 Å². The topological polar surface area (TPSA) is 29.1 Å². The van der Waals surface area contributed by atoms with E-state index in [1.54, 1.807) is 0 Å². The number of hydrogen-bond donors (Lipinski definition) is 1. The van der Waals surface area contributed by atoms with Crippen LogP contribution in [0, 0.1) is 19.8 Å². The van der Waals surface area contributed by atoms with Crippen LogP contribution in [0.15, 0.2) is 18.2 Å². The molecule has 1 aromatic carbocycles. The molecule has 0 saturated heterocycles. The summed E-state index contributed by atoms with van der Waals surface area (Å²) in [6, 6.07) is 6.02. The number of ketones is 1. The van der Waals surface area contributed by atoms with Crippen molar-refractivity contribution in [3.8, 4) is 0 Å². The lowest BCUT2D eigenvalue weighted by atomic mass is 9.94. The second-order valence-electron chi connectivity index (χ2n) is 4.14. The van der Waals surface area contributed by atoms with Crippen LogP contribution in [0.25, 0.3) is 0 Å². The lowest BCUT2D eigenvalue weighted by Crippen LogP contribution is -2.24. The van der Waals surface area contributed by atoms with E-state index in [1.807, 2.05) is 46.0 Å². The quantitative estimate of drug-likeness (QED) is 0.764. The Bertz CT molecular complexity index is 358. The van der Waals surface area contributed by atoms with E-state index < -0.39 is 0 Å². The third kappa shape index (κ3) is 2.90. The van der Waals surface area contributed by atoms with Gasteiger partial charge in [-0.3, -0.25) is 4.79 Å². The van der Waals surface area contributed by atoms with E-state index in [0.717, 1.165) is 23.2 Å². The summed E-state index contributed by atoms with van der Waals surface area (Å²) in [4.78, 5) is 12.1. The van der Waals surface area contributed by atoms with Crippen molar-refractivity contribution in [2.45, 2.75) is 20.8 Å². The molecule has 0 amide bonds. The molecule has 0 saturated carbocycles. The van der Waals surface area contributed by atoms with E-state index in [0.29, 0.717) is 0 Å². The zero-order valence-corrected chi connectivity index (χ0v) is 9.92. The van der Waals surface area contributed by atoms with Gasteiger partial charge in [0.05, 0.1) is 0 Å². The van der Waals surface area contributed by atoms with Crippen molar-refractivity contribution in [3.63, 3.8) is 0 Å². The smallest absolute Gasteiger partial charge is 0.167 e. The minimum atomic E-state index is 0.0375. The van der Waals surface area contributed by atoms with Gasteiger partial charge in [0.25, 0.3) is 0 Å². The number of hydrogen-bond acceptors (Lipinski definition) is 2. The summed E-state index contributed by atoms with van der Waals surface area (Å²) in [5.74, 6) is 0.265. The van der Waals surface area contributed by atoms with E-state index >= 15 is 0 Å². The number of aryl methyl sites for hydroxylation is 2. The molecule has 0 fully saturated rings. The Morgan fingerprint density at radius 2 is 2.07 bits per heavy atom. The average molecular weight is 205 g/mol. The predicted molar refractivity (Wildman–Crippen MR) is 63.3 cm³/mol. The molecular formula is C13H19NO. The Morgan fingerprint density at radius 1 is 1.40 bits per heavy atom. The Balaban J connectivity index is 2.95. The lowest BCUT2D eigenvalue weighted by molar-refractivity contribution is 0.0929. The first kappa shape index (κ1) is 11.9. The molecule has 1 N–H and O–H groups in total. The molecule has 0 bridgehead atoms. The minimum Gasteiger partial charge on any atom is -0.319 e. The Morgan fingerprint density at radius 3 is 2.67 bits per heavy atom. The van der Waals surface area contributed by atoms with Crippen molar-refractivity contribution in [3.05, 3.63) is 34.9 Å². The van der Waals surface area contributed by atoms with Crippen molar-refractivity contribution < 1.29 is 4.79 Å². The van der Waals surface area contributed by atoms with Crippen molar-refractivity contribution in [2.75, 3.05) is 13.6 Å². The van der Waals surface area contributed by atoms with Crippen LogP contribution in [0.4, 0.5) is 0 Å². The van der Waals surface area contributed by atoms with Gasteiger partial charge in [-0.05, 0) is 32.5 Å². The number of benzene rings is 1. The number of carbonyl (C=O) groups excluding carboxylic acids is 1. The minimum absolute atomic E-state index is 0.0375. The molecule has 2 heteroatoms. The van der Waals surface area contributed by atoms with Crippen LogP contribution in [0.3, 0.4) is 0 Å². The summed E-state index contributed by atoms with van der Waals surface area (Å²) >= 11 is 0. The van der Waals surface area contributed by atoms with Gasteiger partial charge in [0, 0.05) is 18.0 Å². The summed E-state index contributed by atoms with van der Waals surface area (Å²) < 4.78 is 0. The SMILES string of the molecule is CNCC(C)C(=O)c1cc(C)ccc1C. The Kier molecular flexibility index (Phi) is 4.04. The summed E-state index contributed by atoms with van der Waals surface area (Å²) in [6.07, 6.45) is 0. The van der Waals surface area contributed by atoms with Gasteiger partial charge in [0.2, 0.25) is 0 Å². The molecule has 0 aliphatic heterocycles. The fraction of sp³-hybridized carbons (Fsp3) is 0.462. The number of carbonyl (C=O) groups is 1. The molecule has 82 valence electrons. The normalized spacial score (nSPS) is 12.5. The maximum absolute atomic E-state index is 12.1. The highest BCUT2D eigenvalue weighted by Crippen LogP contribution is 2.15. The first-order valence-electron chi connectivity index (χ1n) is 5.32. The van der Waals surface area contributed by atoms with Crippen molar-refractivity contribution in [2.24, 2.45) is 5.92 Å². The monoisotopic (exact) mass is 205 g/mol. The summed E-state index contributed by atoms with van der Waals surface area (Å²) in [5.41, 5.74) is 3.06. The molecular weight excluding hydrogens is 186 g/mol. The fourth-order valence-corrected chi connectivity index (χ4v) is 1.67. The molecule has 1 unspecified atom stereocenters. The molecule has 0 aliphatic rings. The van der Waals surface area contributed by atoms with Crippen LogP contribution in [0.5, 0.6) is 0 Å². The van der Waals surface area contributed by atoms with Gasteiger partial charge in [-0.1, -0.05) is 24.6 Å². The zero-order chi connectivity index (χ0) is 11.4. The van der Waals surface area contributed by atoms with Crippen LogP contribution < -0.4 is 5.32 Å². The molecule has 0 radical (unpaired) electrons. The highest BCUT2D eigenvalue weighted by atomic mass is 16.1. The molecule has 1 rings (SSSR count). The van der Waals surface area contributed by atoms with Crippen LogP contribution in [0.2, 0.25) is 0 Å². The molecule has 0 aliphatic carbocycles. The maximum Gasteiger partial charge on any atom is 0.167 e. The van der Waals surface area contributed by atoms with E-state index in [4.69, 9.17) is 0 Å². The van der Waals surface area contributed by atoms with Crippen molar-refractivity contribution in [1.82, 2.24) is 5.32 Å². The second kappa shape index (κ2) is 5.08. The van der Waals surface area contributed by atoms with E-state index in [9.17, 15) is 4.79 Å². The third-order valence-electron chi connectivity index (χ3n) is 2.62. The van der Waals surface area contributed by atoms with E-state index in [2.05, 4.69) is 5.32 Å². The van der Waals surface area contributed by atoms with Gasteiger partial charge in [-0.25, -0.2) is 0 Å². The van der Waals surface area contributed by atoms with Crippen LogP contribution >= 0.6 is 0 Å². The average Bonchev–Trinajstić information content (AvgIpc) is 2.21. The number of nitrogens with one attached hydrogen (secondary N) is 1. The second-order valence-corrected chi connectivity index (χ2v) is 4.14. The van der Waals surface area contributed by atoms with Crippen LogP contribution in [0.1, 0.15) is 28.4 Å². The first-order valence-corrected chi connectivity index (χ1v) is 5.32. The van der Waals surface area contributed by atoms with Crippen LogP contribution in [-0.2, 0) is 0 Å². The largest absolute Gasteiger partial charge is 0.319 e. The van der Waals surface area contributed by atoms with Gasteiger partial charge in [-0.2, -0.15) is 0 Å². The van der Waals surface area contributed by atoms with E-state index in [-0.39, 0.29) is 11.7 Å². The third-order valence-corrected chi connectivity index (χ3v) is 2.62. The first-order chi connectivity index (χ1) is 7.06. The highest BCUT2D eigenvalue weighted by Gasteiger charge is 2.16. The van der Waals surface area contributed by atoms with Gasteiger partial charge in [-0.15, -0.1) is 0 Å². The Labute approximate surface area is 91.7 Å². The van der Waals surface area contributed by atoms with Crippen LogP contribution in [-0.4, -0.2) is 19.4 Å². The van der Waals surface area contributed by atoms with Gasteiger partial charge in [0.1, 0.15) is 0 Å². The molecule has 0 aromatic heterocycles. The molecule has 2 nitrogen and oxygen atoms in total. The number of Topliss-reactive ketones (excluding diaryl/α,β-unsaturated/α-hetero) is 1. The summed E-state index contributed by atoms with van der Waals surface area (Å²) in [7, 11) is 1.87. The number of rotatable bonds is 4. The van der Waals surface area contributed by atoms with Gasteiger partial charge in [0.15, 0.2) is 5.78 Å². The zero-order valence-electron chi connectivity index (χ0n) is 9.92. The van der Waals surface area contributed by atoms with Gasteiger partial charge < -0.3 is 5.32 Å². The fourth-order valence-electron chi connectivity index (χ4n) is 1.67. The molecule has 1 atom stereocenters. The lowest BCUT2D eigenvalue weighted by Gasteiger charge is -2.12. The molecule has 1 aromatic rings. The Hall–Kier alpha value is -1.15. The van der Waals surface area contributed by atoms with Crippen molar-refractivity contribution in [1.29, 1.82) is 0 Å². The summed E-state index contributed by atoms with van der Waals surface area (Å²) in [5, 5.41) is 3.03. The predicted octanol–water partition coefficient (Wildman–Crippen LogP) is 2.34. The molecule has 0 spiro atoms. The summed E-state index contributed by atoms with van der Waals surface area (Å²) in [6.45, 7) is 6.69.